The van der Waals surface area contributed by atoms with Crippen molar-refractivity contribution in [1.82, 2.24) is 9.78 Å². The third-order valence-electron chi connectivity index (χ3n) is 2.17. The van der Waals surface area contributed by atoms with Gasteiger partial charge < -0.3 is 5.11 Å². The highest BCUT2D eigenvalue weighted by Crippen LogP contribution is 2.18. The summed E-state index contributed by atoms with van der Waals surface area (Å²) in [7, 11) is 0. The summed E-state index contributed by atoms with van der Waals surface area (Å²) in [5.74, 6) is -1.62. The normalized spacial score (nSPS) is 10.2. The third-order valence-corrected chi connectivity index (χ3v) is 2.17. The molecule has 16 heavy (non-hydrogen) atoms. The van der Waals surface area contributed by atoms with Crippen LogP contribution in [-0.2, 0) is 0 Å². The lowest BCUT2D eigenvalue weighted by atomic mass is 10.2. The molecule has 0 amide bonds. The molecule has 2 aromatic rings. The highest BCUT2D eigenvalue weighted by molar-refractivity contribution is 6.05. The zero-order valence-electron chi connectivity index (χ0n) is 8.25. The van der Waals surface area contributed by atoms with Crippen molar-refractivity contribution in [3.05, 3.63) is 42.6 Å². The van der Waals surface area contributed by atoms with Crippen molar-refractivity contribution in [3.63, 3.8) is 0 Å². The van der Waals surface area contributed by atoms with Gasteiger partial charge in [0, 0.05) is 5.39 Å². The Kier molecular flexibility index (Phi) is 2.28. The van der Waals surface area contributed by atoms with Crippen molar-refractivity contribution in [2.45, 2.75) is 0 Å². The standard InChI is InChI=1S/C11H8N2O3/c1-2-9(14)13-8-6-4-3-5-7(8)10(12-13)11(15)16/h2-6H,1H2,(H,15,16). The van der Waals surface area contributed by atoms with Crippen molar-refractivity contribution in [1.29, 1.82) is 0 Å². The van der Waals surface area contributed by atoms with Crippen molar-refractivity contribution in [2.24, 2.45) is 0 Å². The molecule has 1 N–H and O–H groups in total. The Morgan fingerprint density at radius 2 is 2.06 bits per heavy atom. The molecule has 0 aliphatic rings. The lowest BCUT2D eigenvalue weighted by Crippen LogP contribution is -2.09. The molecule has 0 saturated heterocycles. The number of carboxylic acid groups (broad SMARTS) is 1. The molecule has 5 heteroatoms. The minimum atomic E-state index is -1.16. The van der Waals surface area contributed by atoms with Gasteiger partial charge in [0.1, 0.15) is 0 Å². The Morgan fingerprint density at radius 3 is 2.69 bits per heavy atom. The Balaban J connectivity index is 2.81. The number of rotatable bonds is 2. The second-order valence-electron chi connectivity index (χ2n) is 3.13. The predicted molar refractivity (Wildman–Crippen MR) is 57.5 cm³/mol. The summed E-state index contributed by atoms with van der Waals surface area (Å²) >= 11 is 0. The molecule has 0 aliphatic heterocycles. The van der Waals surface area contributed by atoms with Crippen LogP contribution in [0.1, 0.15) is 15.3 Å². The van der Waals surface area contributed by atoms with Gasteiger partial charge in [-0.3, -0.25) is 4.79 Å². The molecular weight excluding hydrogens is 208 g/mol. The molecule has 0 unspecified atom stereocenters. The van der Waals surface area contributed by atoms with Crippen molar-refractivity contribution in [3.8, 4) is 0 Å². The molecular formula is C11H8N2O3. The number of hydrogen-bond donors (Lipinski definition) is 1. The number of carboxylic acids is 1. The Hall–Kier alpha value is -2.43. The Morgan fingerprint density at radius 1 is 1.38 bits per heavy atom. The maximum absolute atomic E-state index is 11.5. The van der Waals surface area contributed by atoms with Crippen LogP contribution in [0.25, 0.3) is 10.9 Å². The molecule has 0 aliphatic carbocycles. The average Bonchev–Trinajstić information content (AvgIpc) is 2.67. The smallest absolute Gasteiger partial charge is 0.357 e. The van der Waals surface area contributed by atoms with Crippen LogP contribution in [-0.4, -0.2) is 26.8 Å². The quantitative estimate of drug-likeness (QED) is 0.773. The molecule has 1 heterocycles. The molecule has 5 nitrogen and oxygen atoms in total. The van der Waals surface area contributed by atoms with Gasteiger partial charge in [0.15, 0.2) is 5.69 Å². The number of nitrogens with zero attached hydrogens (tertiary/aromatic N) is 2. The van der Waals surface area contributed by atoms with E-state index in [0.717, 1.165) is 10.8 Å². The van der Waals surface area contributed by atoms with Gasteiger partial charge in [0.05, 0.1) is 5.52 Å². The second-order valence-corrected chi connectivity index (χ2v) is 3.13. The van der Waals surface area contributed by atoms with Crippen molar-refractivity contribution >= 4 is 22.8 Å². The van der Waals surface area contributed by atoms with Gasteiger partial charge in [0.25, 0.3) is 5.91 Å². The fraction of sp³-hybridized carbons (Fsp3) is 0. The van der Waals surface area contributed by atoms with Crippen LogP contribution >= 0.6 is 0 Å². The van der Waals surface area contributed by atoms with E-state index in [-0.39, 0.29) is 5.69 Å². The molecule has 0 fully saturated rings. The van der Waals surface area contributed by atoms with Crippen molar-refractivity contribution in [2.75, 3.05) is 0 Å². The lowest BCUT2D eigenvalue weighted by molar-refractivity contribution is 0.0692. The van der Waals surface area contributed by atoms with Crippen LogP contribution in [0.4, 0.5) is 0 Å². The van der Waals surface area contributed by atoms with Gasteiger partial charge in [-0.2, -0.15) is 9.78 Å². The minimum Gasteiger partial charge on any atom is -0.476 e. The van der Waals surface area contributed by atoms with Gasteiger partial charge in [-0.15, -0.1) is 0 Å². The topological polar surface area (TPSA) is 72.2 Å². The highest BCUT2D eigenvalue weighted by atomic mass is 16.4. The largest absolute Gasteiger partial charge is 0.476 e. The third kappa shape index (κ3) is 1.38. The SMILES string of the molecule is C=CC(=O)n1nc(C(=O)O)c2ccccc21. The lowest BCUT2D eigenvalue weighted by Gasteiger charge is -1.95. The first-order chi connectivity index (χ1) is 7.65. The number of fused-ring (bicyclic) bond motifs is 1. The van der Waals surface area contributed by atoms with E-state index in [0.29, 0.717) is 10.9 Å². The van der Waals surface area contributed by atoms with Crippen LogP contribution in [0.2, 0.25) is 0 Å². The van der Waals surface area contributed by atoms with E-state index in [1.54, 1.807) is 24.3 Å². The number of aromatic nitrogens is 2. The van der Waals surface area contributed by atoms with Crippen LogP contribution in [0.3, 0.4) is 0 Å². The van der Waals surface area contributed by atoms with Crippen LogP contribution in [0, 0.1) is 0 Å². The van der Waals surface area contributed by atoms with Gasteiger partial charge in [-0.05, 0) is 12.1 Å². The molecule has 80 valence electrons. The first-order valence-electron chi connectivity index (χ1n) is 4.53. The van der Waals surface area contributed by atoms with Gasteiger partial charge in [-0.1, -0.05) is 24.8 Å². The summed E-state index contributed by atoms with van der Waals surface area (Å²) in [5, 5.41) is 13.1. The maximum atomic E-state index is 11.5. The van der Waals surface area contributed by atoms with Gasteiger partial charge >= 0.3 is 5.97 Å². The summed E-state index contributed by atoms with van der Waals surface area (Å²) in [6.45, 7) is 3.34. The number of benzene rings is 1. The van der Waals surface area contributed by atoms with E-state index in [1.165, 1.54) is 0 Å². The highest BCUT2D eigenvalue weighted by Gasteiger charge is 2.17. The number of aromatic carboxylic acids is 1. The van der Waals surface area contributed by atoms with E-state index < -0.39 is 11.9 Å². The average molecular weight is 216 g/mol. The molecule has 1 aromatic heterocycles. The summed E-state index contributed by atoms with van der Waals surface area (Å²) in [6, 6.07) is 6.65. The molecule has 0 atom stereocenters. The first kappa shape index (κ1) is 10.1. The monoisotopic (exact) mass is 216 g/mol. The van der Waals surface area contributed by atoms with E-state index in [1.807, 2.05) is 0 Å². The number of carbonyl (C=O) groups is 2. The van der Waals surface area contributed by atoms with Crippen LogP contribution < -0.4 is 0 Å². The summed E-state index contributed by atoms with van der Waals surface area (Å²) in [5.41, 5.74) is 0.329. The van der Waals surface area contributed by atoms with Crippen molar-refractivity contribution < 1.29 is 14.7 Å². The Labute approximate surface area is 90.6 Å². The summed E-state index contributed by atoms with van der Waals surface area (Å²) in [4.78, 5) is 22.4. The van der Waals surface area contributed by atoms with Crippen LogP contribution in [0.15, 0.2) is 36.9 Å². The summed E-state index contributed by atoms with van der Waals surface area (Å²) < 4.78 is 1.03. The predicted octanol–water partition coefficient (Wildman–Crippen LogP) is 1.56. The molecule has 2 rings (SSSR count). The molecule has 0 saturated carbocycles. The minimum absolute atomic E-state index is 0.134. The number of allylic oxidation sites excluding steroid dienone is 1. The fourth-order valence-corrected chi connectivity index (χ4v) is 1.48. The number of para-hydroxylation sites is 1. The maximum Gasteiger partial charge on any atom is 0.357 e. The molecule has 1 aromatic carbocycles. The van der Waals surface area contributed by atoms with E-state index in [2.05, 4.69) is 11.7 Å². The van der Waals surface area contributed by atoms with E-state index >= 15 is 0 Å². The Bertz CT molecular complexity index is 598. The first-order valence-corrected chi connectivity index (χ1v) is 4.53. The van der Waals surface area contributed by atoms with E-state index in [9.17, 15) is 9.59 Å². The summed E-state index contributed by atoms with van der Waals surface area (Å²) in [6.07, 6.45) is 1.09. The number of hydrogen-bond acceptors (Lipinski definition) is 3. The van der Waals surface area contributed by atoms with Gasteiger partial charge in [0.2, 0.25) is 0 Å². The molecule has 0 spiro atoms. The zero-order chi connectivity index (χ0) is 11.7. The molecule has 0 bridgehead atoms. The zero-order valence-corrected chi connectivity index (χ0v) is 8.25. The molecule has 0 radical (unpaired) electrons. The van der Waals surface area contributed by atoms with E-state index in [4.69, 9.17) is 5.11 Å². The van der Waals surface area contributed by atoms with Gasteiger partial charge in [-0.25, -0.2) is 4.79 Å². The van der Waals surface area contributed by atoms with Crippen LogP contribution in [0.5, 0.6) is 0 Å². The fourth-order valence-electron chi connectivity index (χ4n) is 1.48. The number of carbonyl (C=O) groups excluding carboxylic acids is 1. The second kappa shape index (κ2) is 3.62.